The van der Waals surface area contributed by atoms with E-state index in [1.807, 2.05) is 10.9 Å². The molecule has 0 bridgehead atoms. The maximum absolute atomic E-state index is 5.40. The molecule has 4 heteroatoms. The third-order valence-corrected chi connectivity index (χ3v) is 2.00. The molecule has 1 aromatic rings. The van der Waals surface area contributed by atoms with Gasteiger partial charge in [0.2, 0.25) is 0 Å². The standard InChI is InChI=1S/C8H16N4/c1-3-7(2)12-6-8(4-5-9)10-11-12/h6-7H,3-5,9H2,1-2H3. The van der Waals surface area contributed by atoms with Crippen molar-refractivity contribution >= 4 is 0 Å². The summed E-state index contributed by atoms with van der Waals surface area (Å²) in [6.07, 6.45) is 3.86. The Balaban J connectivity index is 2.63. The molecule has 1 unspecified atom stereocenters. The molecule has 0 aliphatic rings. The first-order valence-corrected chi connectivity index (χ1v) is 4.38. The van der Waals surface area contributed by atoms with Gasteiger partial charge in [0.25, 0.3) is 0 Å². The molecule has 1 atom stereocenters. The highest BCUT2D eigenvalue weighted by Crippen LogP contribution is 2.07. The Morgan fingerprint density at radius 2 is 2.42 bits per heavy atom. The molecular formula is C8H16N4. The summed E-state index contributed by atoms with van der Waals surface area (Å²) in [7, 11) is 0. The van der Waals surface area contributed by atoms with Gasteiger partial charge < -0.3 is 5.73 Å². The lowest BCUT2D eigenvalue weighted by Crippen LogP contribution is -2.04. The number of hydrogen-bond donors (Lipinski definition) is 1. The van der Waals surface area contributed by atoms with Crippen LogP contribution in [0.2, 0.25) is 0 Å². The smallest absolute Gasteiger partial charge is 0.0839 e. The molecule has 68 valence electrons. The van der Waals surface area contributed by atoms with Crippen molar-refractivity contribution in [2.75, 3.05) is 6.54 Å². The molecule has 0 amide bonds. The maximum Gasteiger partial charge on any atom is 0.0839 e. The average Bonchev–Trinajstić information content (AvgIpc) is 2.52. The number of rotatable bonds is 4. The summed E-state index contributed by atoms with van der Waals surface area (Å²) in [4.78, 5) is 0. The van der Waals surface area contributed by atoms with Crippen molar-refractivity contribution in [3.8, 4) is 0 Å². The van der Waals surface area contributed by atoms with E-state index < -0.39 is 0 Å². The molecule has 0 aliphatic heterocycles. The Morgan fingerprint density at radius 1 is 1.67 bits per heavy atom. The molecule has 1 aromatic heterocycles. The molecule has 0 fully saturated rings. The number of aromatic nitrogens is 3. The lowest BCUT2D eigenvalue weighted by Gasteiger charge is -2.05. The SMILES string of the molecule is CCC(C)n1cc(CCN)nn1. The molecule has 0 radical (unpaired) electrons. The first kappa shape index (κ1) is 9.19. The van der Waals surface area contributed by atoms with Gasteiger partial charge in [-0.15, -0.1) is 5.10 Å². The van der Waals surface area contributed by atoms with E-state index in [0.717, 1.165) is 18.5 Å². The monoisotopic (exact) mass is 168 g/mol. The van der Waals surface area contributed by atoms with Crippen LogP contribution in [0, 0.1) is 0 Å². The normalized spacial score (nSPS) is 13.2. The fourth-order valence-corrected chi connectivity index (χ4v) is 0.978. The first-order chi connectivity index (χ1) is 5.77. The van der Waals surface area contributed by atoms with E-state index in [0.29, 0.717) is 12.6 Å². The van der Waals surface area contributed by atoms with Crippen LogP contribution in [-0.2, 0) is 6.42 Å². The summed E-state index contributed by atoms with van der Waals surface area (Å²) >= 11 is 0. The van der Waals surface area contributed by atoms with E-state index in [1.165, 1.54) is 0 Å². The molecular weight excluding hydrogens is 152 g/mol. The van der Waals surface area contributed by atoms with Crippen molar-refractivity contribution in [3.63, 3.8) is 0 Å². The number of hydrogen-bond acceptors (Lipinski definition) is 3. The quantitative estimate of drug-likeness (QED) is 0.721. The predicted molar refractivity (Wildman–Crippen MR) is 47.8 cm³/mol. The minimum absolute atomic E-state index is 0.434. The lowest BCUT2D eigenvalue weighted by molar-refractivity contribution is 0.464. The van der Waals surface area contributed by atoms with Crippen molar-refractivity contribution in [3.05, 3.63) is 11.9 Å². The third kappa shape index (κ3) is 2.04. The van der Waals surface area contributed by atoms with Gasteiger partial charge in [-0.1, -0.05) is 12.1 Å². The highest BCUT2D eigenvalue weighted by molar-refractivity contribution is 4.93. The zero-order valence-electron chi connectivity index (χ0n) is 7.70. The minimum Gasteiger partial charge on any atom is -0.330 e. The fourth-order valence-electron chi connectivity index (χ4n) is 0.978. The third-order valence-electron chi connectivity index (χ3n) is 2.00. The Labute approximate surface area is 72.8 Å². The Hall–Kier alpha value is -0.900. The summed E-state index contributed by atoms with van der Waals surface area (Å²) in [6.45, 7) is 4.90. The number of nitrogens with zero attached hydrogens (tertiary/aromatic N) is 3. The van der Waals surface area contributed by atoms with Crippen molar-refractivity contribution in [1.29, 1.82) is 0 Å². The van der Waals surface area contributed by atoms with Crippen molar-refractivity contribution in [2.45, 2.75) is 32.7 Å². The van der Waals surface area contributed by atoms with Gasteiger partial charge in [0.15, 0.2) is 0 Å². The summed E-state index contributed by atoms with van der Waals surface area (Å²) in [5.41, 5.74) is 6.39. The van der Waals surface area contributed by atoms with Crippen LogP contribution in [0.25, 0.3) is 0 Å². The highest BCUT2D eigenvalue weighted by atomic mass is 15.4. The van der Waals surface area contributed by atoms with E-state index >= 15 is 0 Å². The summed E-state index contributed by atoms with van der Waals surface area (Å²) in [6, 6.07) is 0.434. The topological polar surface area (TPSA) is 56.7 Å². The van der Waals surface area contributed by atoms with Crippen molar-refractivity contribution in [2.24, 2.45) is 5.73 Å². The van der Waals surface area contributed by atoms with Crippen molar-refractivity contribution in [1.82, 2.24) is 15.0 Å². The predicted octanol–water partition coefficient (Wildman–Crippen LogP) is 0.750. The van der Waals surface area contributed by atoms with Crippen LogP contribution >= 0.6 is 0 Å². The van der Waals surface area contributed by atoms with Crippen LogP contribution < -0.4 is 5.73 Å². The molecule has 12 heavy (non-hydrogen) atoms. The van der Waals surface area contributed by atoms with Gasteiger partial charge in [-0.2, -0.15) is 0 Å². The van der Waals surface area contributed by atoms with Crippen molar-refractivity contribution < 1.29 is 0 Å². The highest BCUT2D eigenvalue weighted by Gasteiger charge is 2.04. The molecule has 1 rings (SSSR count). The molecule has 2 N–H and O–H groups in total. The molecule has 4 nitrogen and oxygen atoms in total. The van der Waals surface area contributed by atoms with Gasteiger partial charge in [0.1, 0.15) is 0 Å². The zero-order chi connectivity index (χ0) is 8.97. The Kier molecular flexibility index (Phi) is 3.22. The van der Waals surface area contributed by atoms with Crippen LogP contribution in [0.3, 0.4) is 0 Å². The summed E-state index contributed by atoms with van der Waals surface area (Å²) in [5.74, 6) is 0. The molecule has 0 saturated carbocycles. The van der Waals surface area contributed by atoms with E-state index in [4.69, 9.17) is 5.73 Å². The number of nitrogens with two attached hydrogens (primary N) is 1. The van der Waals surface area contributed by atoms with Gasteiger partial charge in [0, 0.05) is 12.6 Å². The average molecular weight is 168 g/mol. The fraction of sp³-hybridized carbons (Fsp3) is 0.750. The maximum atomic E-state index is 5.40. The van der Waals surface area contributed by atoms with Crippen LogP contribution in [0.5, 0.6) is 0 Å². The molecule has 0 saturated heterocycles. The molecule has 0 spiro atoms. The van der Waals surface area contributed by atoms with Crippen LogP contribution in [-0.4, -0.2) is 21.5 Å². The largest absolute Gasteiger partial charge is 0.330 e. The van der Waals surface area contributed by atoms with Gasteiger partial charge in [0.05, 0.1) is 11.7 Å². The van der Waals surface area contributed by atoms with Gasteiger partial charge in [-0.3, -0.25) is 0 Å². The molecule has 0 aliphatic carbocycles. The second-order valence-corrected chi connectivity index (χ2v) is 2.99. The van der Waals surface area contributed by atoms with Gasteiger partial charge in [-0.25, -0.2) is 4.68 Å². The lowest BCUT2D eigenvalue weighted by atomic mass is 10.2. The van der Waals surface area contributed by atoms with Crippen LogP contribution in [0.15, 0.2) is 6.20 Å². The summed E-state index contributed by atoms with van der Waals surface area (Å²) in [5, 5.41) is 8.02. The Bertz CT molecular complexity index is 231. The second-order valence-electron chi connectivity index (χ2n) is 2.99. The zero-order valence-corrected chi connectivity index (χ0v) is 7.70. The van der Waals surface area contributed by atoms with Gasteiger partial charge in [-0.05, 0) is 19.9 Å². The minimum atomic E-state index is 0.434. The van der Waals surface area contributed by atoms with E-state index in [-0.39, 0.29) is 0 Å². The Morgan fingerprint density at radius 3 is 3.00 bits per heavy atom. The molecule has 0 aromatic carbocycles. The van der Waals surface area contributed by atoms with Crippen LogP contribution in [0.1, 0.15) is 32.0 Å². The van der Waals surface area contributed by atoms with Crippen LogP contribution in [0.4, 0.5) is 0 Å². The van der Waals surface area contributed by atoms with Gasteiger partial charge >= 0.3 is 0 Å². The van der Waals surface area contributed by atoms with E-state index in [9.17, 15) is 0 Å². The van der Waals surface area contributed by atoms with E-state index in [2.05, 4.69) is 24.2 Å². The summed E-state index contributed by atoms with van der Waals surface area (Å²) < 4.78 is 1.89. The second kappa shape index (κ2) is 4.21. The molecule has 1 heterocycles. The van der Waals surface area contributed by atoms with E-state index in [1.54, 1.807) is 0 Å². The first-order valence-electron chi connectivity index (χ1n) is 4.38.